The molecule has 8 heteroatoms. The standard InChI is InChI=1S/C19H18F3NO4/c1-13-4-2-3-5-16(13)26-11-10-18(25)27-12-17(24)23-15-8-6-14(7-9-15)19(20,21)22/h2-9H,10-12H2,1H3,(H,23,24). The number of rotatable bonds is 7. The molecule has 0 unspecified atom stereocenters. The van der Waals surface area contributed by atoms with Crippen molar-refractivity contribution in [3.63, 3.8) is 0 Å². The number of hydrogen-bond donors (Lipinski definition) is 1. The van der Waals surface area contributed by atoms with Crippen LogP contribution in [0, 0.1) is 6.92 Å². The summed E-state index contributed by atoms with van der Waals surface area (Å²) in [7, 11) is 0. The van der Waals surface area contributed by atoms with Crippen LogP contribution in [0.3, 0.4) is 0 Å². The lowest BCUT2D eigenvalue weighted by molar-refractivity contribution is -0.147. The van der Waals surface area contributed by atoms with Crippen LogP contribution in [-0.2, 0) is 20.5 Å². The zero-order valence-corrected chi connectivity index (χ0v) is 14.5. The Hall–Kier alpha value is -3.03. The Bertz CT molecular complexity index is 788. The Morgan fingerprint density at radius 1 is 1.04 bits per heavy atom. The van der Waals surface area contributed by atoms with Gasteiger partial charge in [0.25, 0.3) is 5.91 Å². The molecule has 0 radical (unpaired) electrons. The van der Waals surface area contributed by atoms with Crippen LogP contribution in [0.1, 0.15) is 17.5 Å². The molecule has 0 spiro atoms. The predicted molar refractivity (Wildman–Crippen MR) is 92.3 cm³/mol. The van der Waals surface area contributed by atoms with E-state index in [-0.39, 0.29) is 18.7 Å². The second-order valence-corrected chi connectivity index (χ2v) is 5.65. The largest absolute Gasteiger partial charge is 0.493 e. The molecule has 0 saturated carbocycles. The van der Waals surface area contributed by atoms with Gasteiger partial charge in [-0.2, -0.15) is 13.2 Å². The van der Waals surface area contributed by atoms with Gasteiger partial charge in [-0.05, 0) is 42.8 Å². The molecule has 2 rings (SSSR count). The van der Waals surface area contributed by atoms with Crippen molar-refractivity contribution in [2.45, 2.75) is 19.5 Å². The zero-order valence-electron chi connectivity index (χ0n) is 14.5. The van der Waals surface area contributed by atoms with Crippen molar-refractivity contribution >= 4 is 17.6 Å². The molecule has 0 aliphatic rings. The number of amides is 1. The summed E-state index contributed by atoms with van der Waals surface area (Å²) < 4.78 is 47.7. The summed E-state index contributed by atoms with van der Waals surface area (Å²) in [4.78, 5) is 23.3. The van der Waals surface area contributed by atoms with Crippen LogP contribution in [0.4, 0.5) is 18.9 Å². The third-order valence-corrected chi connectivity index (χ3v) is 3.52. The molecule has 27 heavy (non-hydrogen) atoms. The van der Waals surface area contributed by atoms with Crippen LogP contribution in [0.25, 0.3) is 0 Å². The number of benzene rings is 2. The SMILES string of the molecule is Cc1ccccc1OCCC(=O)OCC(=O)Nc1ccc(C(F)(F)F)cc1. The number of alkyl halides is 3. The third-order valence-electron chi connectivity index (χ3n) is 3.52. The van der Waals surface area contributed by atoms with Gasteiger partial charge in [0.1, 0.15) is 5.75 Å². The van der Waals surface area contributed by atoms with Gasteiger partial charge in [0.2, 0.25) is 0 Å². The molecule has 0 aromatic heterocycles. The minimum Gasteiger partial charge on any atom is -0.493 e. The van der Waals surface area contributed by atoms with Crippen molar-refractivity contribution in [3.05, 3.63) is 59.7 Å². The van der Waals surface area contributed by atoms with Crippen LogP contribution < -0.4 is 10.1 Å². The van der Waals surface area contributed by atoms with E-state index in [9.17, 15) is 22.8 Å². The van der Waals surface area contributed by atoms with Gasteiger partial charge in [0, 0.05) is 5.69 Å². The minimum absolute atomic E-state index is 0.0398. The average Bonchev–Trinajstić information content (AvgIpc) is 2.61. The normalized spacial score (nSPS) is 11.0. The van der Waals surface area contributed by atoms with Crippen molar-refractivity contribution in [1.82, 2.24) is 0 Å². The first-order valence-corrected chi connectivity index (χ1v) is 8.07. The van der Waals surface area contributed by atoms with Crippen LogP contribution in [-0.4, -0.2) is 25.1 Å². The fraction of sp³-hybridized carbons (Fsp3) is 0.263. The number of halogens is 3. The number of anilines is 1. The maximum Gasteiger partial charge on any atom is 0.416 e. The second kappa shape index (κ2) is 9.07. The quantitative estimate of drug-likeness (QED) is 0.738. The Balaban J connectivity index is 1.70. The van der Waals surface area contributed by atoms with E-state index in [0.717, 1.165) is 29.8 Å². The fourth-order valence-electron chi connectivity index (χ4n) is 2.12. The summed E-state index contributed by atoms with van der Waals surface area (Å²) in [6, 6.07) is 11.3. The minimum atomic E-state index is -4.45. The van der Waals surface area contributed by atoms with Gasteiger partial charge in [-0.25, -0.2) is 0 Å². The zero-order chi connectivity index (χ0) is 19.9. The van der Waals surface area contributed by atoms with Gasteiger partial charge in [-0.15, -0.1) is 0 Å². The summed E-state index contributed by atoms with van der Waals surface area (Å²) in [5, 5.41) is 2.35. The van der Waals surface area contributed by atoms with Crippen LogP contribution in [0.15, 0.2) is 48.5 Å². The van der Waals surface area contributed by atoms with Crippen molar-refractivity contribution < 1.29 is 32.2 Å². The Kier molecular flexibility index (Phi) is 6.81. The van der Waals surface area contributed by atoms with E-state index in [1.165, 1.54) is 0 Å². The highest BCUT2D eigenvalue weighted by atomic mass is 19.4. The maximum absolute atomic E-state index is 12.5. The van der Waals surface area contributed by atoms with Crippen LogP contribution in [0.5, 0.6) is 5.75 Å². The first-order chi connectivity index (χ1) is 12.8. The van der Waals surface area contributed by atoms with E-state index in [2.05, 4.69) is 5.32 Å². The molecule has 0 bridgehead atoms. The van der Waals surface area contributed by atoms with Crippen molar-refractivity contribution in [3.8, 4) is 5.75 Å². The molecule has 0 fully saturated rings. The van der Waals surface area contributed by atoms with Crippen molar-refractivity contribution in [1.29, 1.82) is 0 Å². The highest BCUT2D eigenvalue weighted by Crippen LogP contribution is 2.29. The topological polar surface area (TPSA) is 64.6 Å². The summed E-state index contributed by atoms with van der Waals surface area (Å²) in [6.07, 6.45) is -4.49. The van der Waals surface area contributed by atoms with Gasteiger partial charge < -0.3 is 14.8 Å². The molecule has 0 aliphatic carbocycles. The van der Waals surface area contributed by atoms with Gasteiger partial charge in [0.15, 0.2) is 6.61 Å². The molecule has 1 amide bonds. The first-order valence-electron chi connectivity index (χ1n) is 8.07. The fourth-order valence-corrected chi connectivity index (χ4v) is 2.12. The molecule has 2 aromatic carbocycles. The molecule has 0 heterocycles. The molecule has 1 N–H and O–H groups in total. The molecule has 2 aromatic rings. The van der Waals surface area contributed by atoms with Crippen molar-refractivity contribution in [2.24, 2.45) is 0 Å². The van der Waals surface area contributed by atoms with E-state index < -0.39 is 30.2 Å². The third kappa shape index (κ3) is 6.65. The van der Waals surface area contributed by atoms with Crippen molar-refractivity contribution in [2.75, 3.05) is 18.5 Å². The number of hydrogen-bond acceptors (Lipinski definition) is 4. The van der Waals surface area contributed by atoms with Gasteiger partial charge >= 0.3 is 12.1 Å². The summed E-state index contributed by atoms with van der Waals surface area (Å²) in [6.45, 7) is 1.44. The average molecular weight is 381 g/mol. The first kappa shape index (κ1) is 20.3. The van der Waals surface area contributed by atoms with Gasteiger partial charge in [0.05, 0.1) is 18.6 Å². The van der Waals surface area contributed by atoms with Crippen LogP contribution >= 0.6 is 0 Å². The molecule has 144 valence electrons. The maximum atomic E-state index is 12.5. The summed E-state index contributed by atoms with van der Waals surface area (Å²) >= 11 is 0. The number of nitrogens with one attached hydrogen (secondary N) is 1. The Labute approximate surface area is 154 Å². The number of carbonyl (C=O) groups is 2. The molecular weight excluding hydrogens is 363 g/mol. The lowest BCUT2D eigenvalue weighted by atomic mass is 10.2. The van der Waals surface area contributed by atoms with Gasteiger partial charge in [-0.3, -0.25) is 9.59 Å². The number of esters is 1. The Morgan fingerprint density at radius 2 is 1.70 bits per heavy atom. The van der Waals surface area contributed by atoms with E-state index in [0.29, 0.717) is 5.75 Å². The summed E-state index contributed by atoms with van der Waals surface area (Å²) in [5.41, 5.74) is 0.286. The van der Waals surface area contributed by atoms with Crippen LogP contribution in [0.2, 0.25) is 0 Å². The van der Waals surface area contributed by atoms with E-state index in [1.54, 1.807) is 6.07 Å². The molecule has 0 saturated heterocycles. The number of para-hydroxylation sites is 1. The van der Waals surface area contributed by atoms with E-state index in [1.807, 2.05) is 25.1 Å². The highest BCUT2D eigenvalue weighted by molar-refractivity contribution is 5.92. The molecular formula is C19H18F3NO4. The lowest BCUT2D eigenvalue weighted by Gasteiger charge is -2.10. The van der Waals surface area contributed by atoms with Gasteiger partial charge in [-0.1, -0.05) is 18.2 Å². The number of ether oxygens (including phenoxy) is 2. The van der Waals surface area contributed by atoms with E-state index in [4.69, 9.17) is 9.47 Å². The smallest absolute Gasteiger partial charge is 0.416 e. The second-order valence-electron chi connectivity index (χ2n) is 5.65. The number of carbonyl (C=O) groups excluding carboxylic acids is 2. The lowest BCUT2D eigenvalue weighted by Crippen LogP contribution is -2.21. The Morgan fingerprint density at radius 3 is 2.33 bits per heavy atom. The molecule has 0 aliphatic heterocycles. The molecule has 0 atom stereocenters. The predicted octanol–water partition coefficient (Wildman–Crippen LogP) is 3.96. The molecule has 5 nitrogen and oxygen atoms in total. The monoisotopic (exact) mass is 381 g/mol. The summed E-state index contributed by atoms with van der Waals surface area (Å²) in [5.74, 6) is -0.612. The number of aryl methyl sites for hydroxylation is 1. The van der Waals surface area contributed by atoms with E-state index >= 15 is 0 Å². The highest BCUT2D eigenvalue weighted by Gasteiger charge is 2.29.